The van der Waals surface area contributed by atoms with Crippen LogP contribution in [-0.2, 0) is 0 Å². The van der Waals surface area contributed by atoms with Gasteiger partial charge >= 0.3 is 0 Å². The first-order valence-electron chi connectivity index (χ1n) is 7.37. The van der Waals surface area contributed by atoms with Crippen molar-refractivity contribution in [2.24, 2.45) is 0 Å². The lowest BCUT2D eigenvalue weighted by Gasteiger charge is -2.10. The van der Waals surface area contributed by atoms with E-state index in [1.54, 1.807) is 0 Å². The second-order valence-electron chi connectivity index (χ2n) is 5.12. The zero-order valence-corrected chi connectivity index (χ0v) is 11.1. The SMILES string of the molecule is CCCCCCCCCCNC1CCNC1. The number of hydrogen-bond donors (Lipinski definition) is 2. The van der Waals surface area contributed by atoms with Gasteiger partial charge in [-0.15, -0.1) is 0 Å². The van der Waals surface area contributed by atoms with Crippen LogP contribution in [0.25, 0.3) is 0 Å². The maximum atomic E-state index is 3.63. The minimum absolute atomic E-state index is 0.754. The molecule has 1 saturated heterocycles. The molecule has 1 aliphatic rings. The van der Waals surface area contributed by atoms with Crippen molar-refractivity contribution in [2.45, 2.75) is 70.8 Å². The van der Waals surface area contributed by atoms with Crippen LogP contribution in [0.5, 0.6) is 0 Å². The summed E-state index contributed by atoms with van der Waals surface area (Å²) in [6, 6.07) is 0.754. The topological polar surface area (TPSA) is 24.1 Å². The lowest BCUT2D eigenvalue weighted by molar-refractivity contribution is 0.509. The van der Waals surface area contributed by atoms with Crippen LogP contribution in [0.4, 0.5) is 0 Å². The van der Waals surface area contributed by atoms with Gasteiger partial charge in [0.2, 0.25) is 0 Å². The Bertz CT molecular complexity index is 142. The van der Waals surface area contributed by atoms with Crippen molar-refractivity contribution < 1.29 is 0 Å². The standard InChI is InChI=1S/C14H30N2/c1-2-3-4-5-6-7-8-9-11-16-14-10-12-15-13-14/h14-16H,2-13H2,1H3. The monoisotopic (exact) mass is 226 g/mol. The molecule has 16 heavy (non-hydrogen) atoms. The van der Waals surface area contributed by atoms with Crippen molar-refractivity contribution in [2.75, 3.05) is 19.6 Å². The van der Waals surface area contributed by atoms with Crippen LogP contribution < -0.4 is 10.6 Å². The van der Waals surface area contributed by atoms with Crippen molar-refractivity contribution in [3.8, 4) is 0 Å². The Morgan fingerprint density at radius 3 is 2.31 bits per heavy atom. The Morgan fingerprint density at radius 1 is 1.00 bits per heavy atom. The van der Waals surface area contributed by atoms with Crippen molar-refractivity contribution in [3.63, 3.8) is 0 Å². The summed E-state index contributed by atoms with van der Waals surface area (Å²) in [5.74, 6) is 0. The first kappa shape index (κ1) is 14.0. The van der Waals surface area contributed by atoms with Gasteiger partial charge in [-0.05, 0) is 25.9 Å². The molecule has 96 valence electrons. The molecule has 2 nitrogen and oxygen atoms in total. The van der Waals surface area contributed by atoms with E-state index >= 15 is 0 Å². The van der Waals surface area contributed by atoms with Crippen molar-refractivity contribution in [3.05, 3.63) is 0 Å². The van der Waals surface area contributed by atoms with Gasteiger partial charge in [-0.1, -0.05) is 51.9 Å². The Morgan fingerprint density at radius 2 is 1.69 bits per heavy atom. The molecule has 1 rings (SSSR count). The fourth-order valence-electron chi connectivity index (χ4n) is 2.39. The van der Waals surface area contributed by atoms with Crippen molar-refractivity contribution in [1.82, 2.24) is 10.6 Å². The van der Waals surface area contributed by atoms with E-state index in [1.165, 1.54) is 77.4 Å². The Balaban J connectivity index is 1.71. The molecule has 0 spiro atoms. The summed E-state index contributed by atoms with van der Waals surface area (Å²) in [6.45, 7) is 5.89. The van der Waals surface area contributed by atoms with Crippen LogP contribution >= 0.6 is 0 Å². The third-order valence-electron chi connectivity index (χ3n) is 3.52. The van der Waals surface area contributed by atoms with E-state index in [-0.39, 0.29) is 0 Å². The van der Waals surface area contributed by atoms with E-state index in [0.717, 1.165) is 6.04 Å². The van der Waals surface area contributed by atoms with Gasteiger partial charge in [-0.2, -0.15) is 0 Å². The summed E-state index contributed by atoms with van der Waals surface area (Å²) >= 11 is 0. The van der Waals surface area contributed by atoms with E-state index in [4.69, 9.17) is 0 Å². The largest absolute Gasteiger partial charge is 0.315 e. The molecular formula is C14H30N2. The first-order valence-corrected chi connectivity index (χ1v) is 7.37. The van der Waals surface area contributed by atoms with Crippen molar-refractivity contribution in [1.29, 1.82) is 0 Å². The molecule has 1 atom stereocenters. The Labute approximate surface area is 102 Å². The molecule has 2 N–H and O–H groups in total. The molecule has 1 heterocycles. The van der Waals surface area contributed by atoms with E-state index in [1.807, 2.05) is 0 Å². The zero-order valence-electron chi connectivity index (χ0n) is 11.1. The molecule has 1 aliphatic heterocycles. The summed E-state index contributed by atoms with van der Waals surface area (Å²) in [5.41, 5.74) is 0. The fourth-order valence-corrected chi connectivity index (χ4v) is 2.39. The Kier molecular flexibility index (Phi) is 8.83. The normalized spacial score (nSPS) is 20.4. The Hall–Kier alpha value is -0.0800. The highest BCUT2D eigenvalue weighted by atomic mass is 15.0. The first-order chi connectivity index (χ1) is 7.93. The molecule has 0 amide bonds. The predicted octanol–water partition coefficient (Wildman–Crippen LogP) is 3.08. The molecule has 0 aromatic carbocycles. The average Bonchev–Trinajstić information content (AvgIpc) is 2.80. The number of nitrogens with one attached hydrogen (secondary N) is 2. The maximum Gasteiger partial charge on any atom is 0.0204 e. The minimum Gasteiger partial charge on any atom is -0.315 e. The highest BCUT2D eigenvalue weighted by Crippen LogP contribution is 2.08. The third kappa shape index (κ3) is 7.24. The van der Waals surface area contributed by atoms with E-state index in [0.29, 0.717) is 0 Å². The summed E-state index contributed by atoms with van der Waals surface area (Å²) < 4.78 is 0. The summed E-state index contributed by atoms with van der Waals surface area (Å²) in [5, 5.41) is 7.02. The molecule has 1 fully saturated rings. The highest BCUT2D eigenvalue weighted by Gasteiger charge is 2.12. The quantitative estimate of drug-likeness (QED) is 0.559. The van der Waals surface area contributed by atoms with Gasteiger partial charge in [0.1, 0.15) is 0 Å². The van der Waals surface area contributed by atoms with Gasteiger partial charge in [0, 0.05) is 12.6 Å². The lowest BCUT2D eigenvalue weighted by Crippen LogP contribution is -2.31. The second kappa shape index (κ2) is 10.1. The van der Waals surface area contributed by atoms with Crippen LogP contribution in [0, 0.1) is 0 Å². The van der Waals surface area contributed by atoms with Crippen LogP contribution in [0.1, 0.15) is 64.7 Å². The summed E-state index contributed by atoms with van der Waals surface area (Å²) in [6.07, 6.45) is 12.7. The zero-order chi connectivity index (χ0) is 11.5. The van der Waals surface area contributed by atoms with Crippen LogP contribution in [0.15, 0.2) is 0 Å². The number of rotatable bonds is 10. The maximum absolute atomic E-state index is 3.63. The average molecular weight is 226 g/mol. The molecule has 0 aromatic rings. The van der Waals surface area contributed by atoms with E-state index in [9.17, 15) is 0 Å². The lowest BCUT2D eigenvalue weighted by atomic mass is 10.1. The molecule has 1 unspecified atom stereocenters. The van der Waals surface area contributed by atoms with E-state index < -0.39 is 0 Å². The van der Waals surface area contributed by atoms with Gasteiger partial charge in [0.15, 0.2) is 0 Å². The van der Waals surface area contributed by atoms with E-state index in [2.05, 4.69) is 17.6 Å². The second-order valence-corrected chi connectivity index (χ2v) is 5.12. The van der Waals surface area contributed by atoms with Crippen LogP contribution in [0.2, 0.25) is 0 Å². The smallest absolute Gasteiger partial charge is 0.0204 e. The highest BCUT2D eigenvalue weighted by molar-refractivity contribution is 4.76. The summed E-state index contributed by atoms with van der Waals surface area (Å²) in [4.78, 5) is 0. The van der Waals surface area contributed by atoms with Gasteiger partial charge in [-0.3, -0.25) is 0 Å². The molecule has 0 aromatic heterocycles. The molecule has 0 saturated carbocycles. The van der Waals surface area contributed by atoms with Gasteiger partial charge in [0.25, 0.3) is 0 Å². The minimum atomic E-state index is 0.754. The molecule has 2 heteroatoms. The molecular weight excluding hydrogens is 196 g/mol. The van der Waals surface area contributed by atoms with Crippen LogP contribution in [0.3, 0.4) is 0 Å². The van der Waals surface area contributed by atoms with Gasteiger partial charge in [-0.25, -0.2) is 0 Å². The molecule has 0 radical (unpaired) electrons. The van der Waals surface area contributed by atoms with Gasteiger partial charge < -0.3 is 10.6 Å². The molecule has 0 aliphatic carbocycles. The predicted molar refractivity (Wildman–Crippen MR) is 71.9 cm³/mol. The number of unbranched alkanes of at least 4 members (excludes halogenated alkanes) is 7. The fraction of sp³-hybridized carbons (Fsp3) is 1.00. The van der Waals surface area contributed by atoms with Crippen LogP contribution in [-0.4, -0.2) is 25.7 Å². The van der Waals surface area contributed by atoms with Crippen molar-refractivity contribution >= 4 is 0 Å². The molecule has 0 bridgehead atoms. The van der Waals surface area contributed by atoms with Gasteiger partial charge in [0.05, 0.1) is 0 Å². The number of hydrogen-bond acceptors (Lipinski definition) is 2. The summed E-state index contributed by atoms with van der Waals surface area (Å²) in [7, 11) is 0. The third-order valence-corrected chi connectivity index (χ3v) is 3.52.